The molecule has 3 heterocycles. The molecule has 10 heteroatoms. The van der Waals surface area contributed by atoms with Crippen molar-refractivity contribution in [2.45, 2.75) is 32.7 Å². The van der Waals surface area contributed by atoms with Gasteiger partial charge < -0.3 is 15.4 Å². The van der Waals surface area contributed by atoms with Gasteiger partial charge in [0.05, 0.1) is 12.2 Å². The van der Waals surface area contributed by atoms with Crippen LogP contribution in [0.4, 0.5) is 9.80 Å². The summed E-state index contributed by atoms with van der Waals surface area (Å²) in [5.41, 5.74) is -0.271. The van der Waals surface area contributed by atoms with Gasteiger partial charge in [-0.2, -0.15) is 11.3 Å². The summed E-state index contributed by atoms with van der Waals surface area (Å²) in [5, 5.41) is 9.24. The van der Waals surface area contributed by atoms with Gasteiger partial charge in [0.2, 0.25) is 5.91 Å². The van der Waals surface area contributed by atoms with E-state index in [1.54, 1.807) is 31.4 Å². The van der Waals surface area contributed by atoms with Gasteiger partial charge in [0.25, 0.3) is 5.91 Å². The molecule has 2 aromatic rings. The van der Waals surface area contributed by atoms with E-state index in [1.165, 1.54) is 22.7 Å². The zero-order chi connectivity index (χ0) is 21.2. The molecule has 1 atom stereocenters. The van der Waals surface area contributed by atoms with Crippen LogP contribution >= 0.6 is 22.7 Å². The molecule has 1 fully saturated rings. The summed E-state index contributed by atoms with van der Waals surface area (Å²) in [6, 6.07) is 2.81. The Balaban J connectivity index is 1.75. The maximum Gasteiger partial charge on any atom is 0.341 e. The Kier molecular flexibility index (Phi) is 6.04. The van der Waals surface area contributed by atoms with Crippen LogP contribution in [0.2, 0.25) is 0 Å². The molecule has 0 radical (unpaired) electrons. The molecule has 4 amide bonds. The van der Waals surface area contributed by atoms with Crippen molar-refractivity contribution in [2.75, 3.05) is 18.5 Å². The monoisotopic (exact) mass is 435 g/mol. The maximum absolute atomic E-state index is 12.8. The molecular weight excluding hydrogens is 414 g/mol. The predicted octanol–water partition coefficient (Wildman–Crippen LogP) is 2.95. The second kappa shape index (κ2) is 8.34. The second-order valence-electron chi connectivity index (χ2n) is 6.54. The number of nitrogens with zero attached hydrogens (tertiary/aromatic N) is 1. The van der Waals surface area contributed by atoms with E-state index in [-0.39, 0.29) is 12.2 Å². The van der Waals surface area contributed by atoms with E-state index >= 15 is 0 Å². The molecule has 0 bridgehead atoms. The number of carbonyl (C=O) groups is 4. The number of hydrogen-bond donors (Lipinski definition) is 2. The van der Waals surface area contributed by atoms with Gasteiger partial charge in [-0.1, -0.05) is 6.92 Å². The van der Waals surface area contributed by atoms with Crippen molar-refractivity contribution in [2.24, 2.45) is 0 Å². The highest BCUT2D eigenvalue weighted by Crippen LogP contribution is 2.31. The van der Waals surface area contributed by atoms with Crippen molar-refractivity contribution in [3.63, 3.8) is 0 Å². The highest BCUT2D eigenvalue weighted by atomic mass is 32.1. The van der Waals surface area contributed by atoms with Gasteiger partial charge in [-0.05, 0) is 48.7 Å². The van der Waals surface area contributed by atoms with E-state index in [9.17, 15) is 19.2 Å². The lowest BCUT2D eigenvalue weighted by Gasteiger charge is -2.20. The highest BCUT2D eigenvalue weighted by Gasteiger charge is 2.49. The molecule has 0 saturated carbocycles. The largest absolute Gasteiger partial charge is 0.462 e. The second-order valence-corrected chi connectivity index (χ2v) is 8.45. The van der Waals surface area contributed by atoms with Crippen molar-refractivity contribution in [3.05, 3.63) is 38.9 Å². The van der Waals surface area contributed by atoms with E-state index in [0.717, 1.165) is 9.78 Å². The number of thiophene rings is 2. The third-order valence-corrected chi connectivity index (χ3v) is 6.43. The molecule has 2 N–H and O–H groups in total. The van der Waals surface area contributed by atoms with Crippen LogP contribution in [0.15, 0.2) is 22.9 Å². The van der Waals surface area contributed by atoms with Gasteiger partial charge in [0, 0.05) is 4.88 Å². The van der Waals surface area contributed by atoms with Crippen LogP contribution in [-0.2, 0) is 26.3 Å². The third kappa shape index (κ3) is 4.03. The lowest BCUT2D eigenvalue weighted by Crippen LogP contribution is -2.41. The minimum absolute atomic E-state index is 0.215. The number of esters is 1. The predicted molar refractivity (Wildman–Crippen MR) is 110 cm³/mol. The minimum Gasteiger partial charge on any atom is -0.462 e. The zero-order valence-corrected chi connectivity index (χ0v) is 17.9. The molecule has 1 aliphatic rings. The maximum atomic E-state index is 12.8. The molecule has 29 heavy (non-hydrogen) atoms. The number of anilines is 1. The van der Waals surface area contributed by atoms with E-state index in [0.29, 0.717) is 17.0 Å². The zero-order valence-electron chi connectivity index (χ0n) is 16.2. The Morgan fingerprint density at radius 1 is 1.31 bits per heavy atom. The van der Waals surface area contributed by atoms with E-state index in [4.69, 9.17) is 4.74 Å². The number of ether oxygens (including phenoxy) is 1. The quantitative estimate of drug-likeness (QED) is 0.514. The van der Waals surface area contributed by atoms with E-state index in [1.807, 2.05) is 12.3 Å². The van der Waals surface area contributed by atoms with Gasteiger partial charge in [0.1, 0.15) is 17.1 Å². The molecule has 2 aromatic heterocycles. The van der Waals surface area contributed by atoms with E-state index < -0.39 is 35.9 Å². The van der Waals surface area contributed by atoms with Crippen LogP contribution in [0.25, 0.3) is 0 Å². The van der Waals surface area contributed by atoms with Crippen molar-refractivity contribution in [3.8, 4) is 0 Å². The molecule has 154 valence electrons. The molecule has 0 aliphatic carbocycles. The van der Waals surface area contributed by atoms with Gasteiger partial charge in [0.15, 0.2) is 0 Å². The molecule has 0 aromatic carbocycles. The van der Waals surface area contributed by atoms with Gasteiger partial charge in [-0.15, -0.1) is 11.3 Å². The third-order valence-electron chi connectivity index (χ3n) is 4.56. The van der Waals surface area contributed by atoms with Crippen molar-refractivity contribution >= 4 is 51.5 Å². The Bertz CT molecular complexity index is 953. The number of aryl methyl sites for hydroxylation is 1. The van der Waals surface area contributed by atoms with E-state index in [2.05, 4.69) is 10.6 Å². The molecule has 0 spiro atoms. The molecular formula is C19H21N3O5S2. The number of nitrogens with one attached hydrogen (secondary N) is 2. The topological polar surface area (TPSA) is 105 Å². The number of amides is 4. The fourth-order valence-corrected chi connectivity index (χ4v) is 4.73. The number of hydrogen-bond acceptors (Lipinski definition) is 7. The Labute approximate surface area is 175 Å². The average Bonchev–Trinajstić information content (AvgIpc) is 3.39. The Hall–Kier alpha value is -2.72. The van der Waals surface area contributed by atoms with Crippen LogP contribution in [0.5, 0.6) is 0 Å². The average molecular weight is 436 g/mol. The molecule has 8 nitrogen and oxygen atoms in total. The summed E-state index contributed by atoms with van der Waals surface area (Å²) < 4.78 is 5.03. The summed E-state index contributed by atoms with van der Waals surface area (Å²) in [7, 11) is 0. The van der Waals surface area contributed by atoms with Crippen LogP contribution in [0.3, 0.4) is 0 Å². The highest BCUT2D eigenvalue weighted by molar-refractivity contribution is 7.16. The molecule has 3 rings (SSSR count). The first-order valence-electron chi connectivity index (χ1n) is 9.06. The number of imide groups is 1. The van der Waals surface area contributed by atoms with Gasteiger partial charge in [-0.25, -0.2) is 9.59 Å². The lowest BCUT2D eigenvalue weighted by atomic mass is 9.95. The van der Waals surface area contributed by atoms with Crippen LogP contribution < -0.4 is 10.6 Å². The normalized spacial score (nSPS) is 18.7. The Morgan fingerprint density at radius 3 is 2.69 bits per heavy atom. The minimum atomic E-state index is -1.20. The number of urea groups is 1. The van der Waals surface area contributed by atoms with Crippen molar-refractivity contribution < 1.29 is 23.9 Å². The van der Waals surface area contributed by atoms with Crippen LogP contribution in [-0.4, -0.2) is 41.9 Å². The Morgan fingerprint density at radius 2 is 2.07 bits per heavy atom. The fourth-order valence-electron chi connectivity index (χ4n) is 2.96. The lowest BCUT2D eigenvalue weighted by molar-refractivity contribution is -0.133. The summed E-state index contributed by atoms with van der Waals surface area (Å²) in [4.78, 5) is 51.7. The first-order chi connectivity index (χ1) is 13.8. The van der Waals surface area contributed by atoms with Crippen molar-refractivity contribution in [1.29, 1.82) is 0 Å². The standard InChI is InChI=1S/C19H21N3O5S2/c1-4-12-8-13(16(24)27-5-2)15(29-12)20-14(23)9-22-17(25)19(3,21-18(22)26)11-6-7-28-10-11/h6-8,10H,4-5,9H2,1-3H3,(H,20,23)(H,21,26)/t19-/m0/s1. The first kappa shape index (κ1) is 21.0. The summed E-state index contributed by atoms with van der Waals surface area (Å²) in [6.07, 6.45) is 0.693. The first-order valence-corrected chi connectivity index (χ1v) is 10.8. The summed E-state index contributed by atoms with van der Waals surface area (Å²) >= 11 is 2.68. The van der Waals surface area contributed by atoms with Crippen LogP contribution in [0, 0.1) is 0 Å². The smallest absolute Gasteiger partial charge is 0.341 e. The molecule has 1 saturated heterocycles. The summed E-state index contributed by atoms with van der Waals surface area (Å²) in [5.74, 6) is -1.60. The summed E-state index contributed by atoms with van der Waals surface area (Å²) in [6.45, 7) is 5.01. The van der Waals surface area contributed by atoms with Crippen LogP contribution in [0.1, 0.15) is 41.6 Å². The number of rotatable bonds is 7. The fraction of sp³-hybridized carbons (Fsp3) is 0.368. The number of carbonyl (C=O) groups excluding carboxylic acids is 4. The van der Waals surface area contributed by atoms with Crippen molar-refractivity contribution in [1.82, 2.24) is 10.2 Å². The molecule has 1 aliphatic heterocycles. The SMILES string of the molecule is CCOC(=O)c1cc(CC)sc1NC(=O)CN1C(=O)N[C@@](C)(c2ccsc2)C1=O. The molecule has 0 unspecified atom stereocenters. The van der Waals surface area contributed by atoms with Gasteiger partial charge in [-0.3, -0.25) is 14.5 Å². The van der Waals surface area contributed by atoms with Gasteiger partial charge >= 0.3 is 12.0 Å².